The SMILES string of the molecule is COCCNCc1ccc(-c2n[nH]c3ncc(-c4ccc5c(c4)CCC(C)(N4CCC[C@H]4C)CC5)cc23)cc1. The topological polar surface area (TPSA) is 66.1 Å². The zero-order valence-corrected chi connectivity index (χ0v) is 23.6. The van der Waals surface area contributed by atoms with Crippen molar-refractivity contribution in [2.24, 2.45) is 0 Å². The molecule has 0 spiro atoms. The standard InChI is InChI=1S/C33H41N5O/c1-23-5-4-17-38(23)33(2)14-12-25-10-11-27(19-28(25)13-15-33)29-20-30-31(36-37-32(30)35-22-29)26-8-6-24(7-9-26)21-34-16-18-39-3/h6-11,19-20,22-23,34H,4-5,12-18,21H2,1-3H3,(H,35,36,37)/t23-,33?/m1/s1. The van der Waals surface area contributed by atoms with Crippen molar-refractivity contribution < 1.29 is 4.74 Å². The molecule has 1 saturated heterocycles. The Morgan fingerprint density at radius 3 is 2.59 bits per heavy atom. The summed E-state index contributed by atoms with van der Waals surface area (Å²) in [6.07, 6.45) is 9.45. The molecular formula is C33H41N5O. The molecule has 0 saturated carbocycles. The van der Waals surface area contributed by atoms with Gasteiger partial charge in [-0.1, -0.05) is 42.5 Å². The minimum absolute atomic E-state index is 0.302. The minimum Gasteiger partial charge on any atom is -0.383 e. The Bertz CT molecular complexity index is 1430. The molecular weight excluding hydrogens is 482 g/mol. The van der Waals surface area contributed by atoms with E-state index in [1.807, 2.05) is 6.20 Å². The van der Waals surface area contributed by atoms with Crippen molar-refractivity contribution in [3.8, 4) is 22.4 Å². The predicted molar refractivity (Wildman–Crippen MR) is 159 cm³/mol. The van der Waals surface area contributed by atoms with E-state index in [2.05, 4.69) is 82.8 Å². The van der Waals surface area contributed by atoms with E-state index in [-0.39, 0.29) is 0 Å². The molecule has 6 nitrogen and oxygen atoms in total. The number of ether oxygens (including phenoxy) is 1. The Hall–Kier alpha value is -3.06. The van der Waals surface area contributed by atoms with Gasteiger partial charge in [0.25, 0.3) is 0 Å². The van der Waals surface area contributed by atoms with Gasteiger partial charge < -0.3 is 10.1 Å². The molecule has 0 amide bonds. The molecule has 1 fully saturated rings. The summed E-state index contributed by atoms with van der Waals surface area (Å²) in [6, 6.07) is 18.6. The Labute approximate surface area is 232 Å². The fraction of sp³-hybridized carbons (Fsp3) is 0.455. The molecule has 2 aromatic carbocycles. The maximum Gasteiger partial charge on any atom is 0.155 e. The predicted octanol–water partition coefficient (Wildman–Crippen LogP) is 6.15. The van der Waals surface area contributed by atoms with Gasteiger partial charge in [0, 0.05) is 54.5 Å². The van der Waals surface area contributed by atoms with Gasteiger partial charge in [0.2, 0.25) is 0 Å². The van der Waals surface area contributed by atoms with Crippen LogP contribution in [0.5, 0.6) is 0 Å². The van der Waals surface area contributed by atoms with Gasteiger partial charge in [-0.3, -0.25) is 10.00 Å². The molecule has 6 heteroatoms. The summed E-state index contributed by atoms with van der Waals surface area (Å²) in [7, 11) is 1.72. The van der Waals surface area contributed by atoms with Crippen LogP contribution in [0.15, 0.2) is 54.7 Å². The molecule has 1 aliphatic heterocycles. The number of pyridine rings is 1. The first-order chi connectivity index (χ1) is 19.0. The average molecular weight is 524 g/mol. The second kappa shape index (κ2) is 11.2. The average Bonchev–Trinajstić information content (AvgIpc) is 3.55. The van der Waals surface area contributed by atoms with Crippen LogP contribution in [0.4, 0.5) is 0 Å². The highest BCUT2D eigenvalue weighted by atomic mass is 16.5. The Morgan fingerprint density at radius 2 is 1.82 bits per heavy atom. The van der Waals surface area contributed by atoms with E-state index in [9.17, 15) is 0 Å². The minimum atomic E-state index is 0.302. The van der Waals surface area contributed by atoms with Gasteiger partial charge in [0.05, 0.1) is 6.61 Å². The molecule has 3 heterocycles. The highest BCUT2D eigenvalue weighted by Crippen LogP contribution is 2.38. The Balaban J connectivity index is 1.22. The van der Waals surface area contributed by atoms with E-state index in [0.29, 0.717) is 18.2 Å². The van der Waals surface area contributed by atoms with Gasteiger partial charge in [-0.15, -0.1) is 0 Å². The molecule has 39 heavy (non-hydrogen) atoms. The number of fused-ring (bicyclic) bond motifs is 2. The van der Waals surface area contributed by atoms with Crippen molar-refractivity contribution in [2.45, 2.75) is 70.5 Å². The summed E-state index contributed by atoms with van der Waals surface area (Å²) < 4.78 is 5.11. The van der Waals surface area contributed by atoms with Gasteiger partial charge in [0.15, 0.2) is 5.65 Å². The molecule has 0 radical (unpaired) electrons. The lowest BCUT2D eigenvalue weighted by molar-refractivity contribution is 0.0821. The van der Waals surface area contributed by atoms with Gasteiger partial charge in [-0.25, -0.2) is 4.98 Å². The maximum atomic E-state index is 5.11. The highest BCUT2D eigenvalue weighted by Gasteiger charge is 2.38. The van der Waals surface area contributed by atoms with E-state index in [4.69, 9.17) is 9.72 Å². The van der Waals surface area contributed by atoms with E-state index in [1.165, 1.54) is 54.5 Å². The number of nitrogens with one attached hydrogen (secondary N) is 2. The summed E-state index contributed by atoms with van der Waals surface area (Å²) in [6.45, 7) is 8.56. The number of benzene rings is 2. The number of likely N-dealkylation sites (tertiary alicyclic amines) is 1. The van der Waals surface area contributed by atoms with Crippen LogP contribution in [0.1, 0.15) is 56.2 Å². The Kier molecular flexibility index (Phi) is 7.52. The monoisotopic (exact) mass is 523 g/mol. The van der Waals surface area contributed by atoms with Crippen molar-refractivity contribution >= 4 is 11.0 Å². The van der Waals surface area contributed by atoms with Gasteiger partial charge in [0.1, 0.15) is 5.69 Å². The van der Waals surface area contributed by atoms with Crippen LogP contribution in [0, 0.1) is 0 Å². The lowest BCUT2D eigenvalue weighted by Gasteiger charge is -2.41. The third-order valence-corrected chi connectivity index (χ3v) is 9.11. The summed E-state index contributed by atoms with van der Waals surface area (Å²) in [5.41, 5.74) is 9.82. The lowest BCUT2D eigenvalue weighted by atomic mass is 9.89. The molecule has 2 N–H and O–H groups in total. The van der Waals surface area contributed by atoms with Crippen molar-refractivity contribution in [1.29, 1.82) is 0 Å². The fourth-order valence-corrected chi connectivity index (χ4v) is 6.71. The maximum absolute atomic E-state index is 5.11. The normalized spacial score (nSPS) is 21.8. The first-order valence-corrected chi connectivity index (χ1v) is 14.6. The molecule has 1 aliphatic carbocycles. The molecule has 6 rings (SSSR count). The van der Waals surface area contributed by atoms with E-state index >= 15 is 0 Å². The number of hydrogen-bond acceptors (Lipinski definition) is 5. The summed E-state index contributed by atoms with van der Waals surface area (Å²) in [5, 5.41) is 12.2. The molecule has 0 bridgehead atoms. The highest BCUT2D eigenvalue weighted by molar-refractivity contribution is 5.93. The lowest BCUT2D eigenvalue weighted by Crippen LogP contribution is -2.48. The number of hydrogen-bond donors (Lipinski definition) is 2. The van der Waals surface area contributed by atoms with Crippen LogP contribution < -0.4 is 5.32 Å². The smallest absolute Gasteiger partial charge is 0.155 e. The number of nitrogens with zero attached hydrogens (tertiary/aromatic N) is 3. The van der Waals surface area contributed by atoms with Gasteiger partial charge >= 0.3 is 0 Å². The van der Waals surface area contributed by atoms with Crippen molar-refractivity contribution in [3.63, 3.8) is 0 Å². The molecule has 4 aromatic rings. The number of rotatable bonds is 8. The third-order valence-electron chi connectivity index (χ3n) is 9.11. The van der Waals surface area contributed by atoms with E-state index in [0.717, 1.165) is 53.8 Å². The van der Waals surface area contributed by atoms with Crippen molar-refractivity contribution in [3.05, 3.63) is 71.4 Å². The number of aromatic nitrogens is 3. The first kappa shape index (κ1) is 26.2. The first-order valence-electron chi connectivity index (χ1n) is 14.6. The third kappa shape index (κ3) is 5.38. The van der Waals surface area contributed by atoms with Crippen LogP contribution >= 0.6 is 0 Å². The summed E-state index contributed by atoms with van der Waals surface area (Å²) in [4.78, 5) is 7.54. The molecule has 1 unspecified atom stereocenters. The fourth-order valence-electron chi connectivity index (χ4n) is 6.71. The quantitative estimate of drug-likeness (QED) is 0.214. The number of aryl methyl sites for hydroxylation is 2. The zero-order valence-electron chi connectivity index (χ0n) is 23.6. The molecule has 2 aliphatic rings. The number of aromatic amines is 1. The second-order valence-corrected chi connectivity index (χ2v) is 11.7. The van der Waals surface area contributed by atoms with Crippen LogP contribution in [-0.4, -0.2) is 58.5 Å². The Morgan fingerprint density at radius 1 is 1.03 bits per heavy atom. The zero-order chi connectivity index (χ0) is 26.8. The van der Waals surface area contributed by atoms with Crippen LogP contribution in [0.2, 0.25) is 0 Å². The van der Waals surface area contributed by atoms with Gasteiger partial charge in [-0.05, 0) is 87.2 Å². The van der Waals surface area contributed by atoms with Crippen molar-refractivity contribution in [1.82, 2.24) is 25.4 Å². The number of methoxy groups -OCH3 is 1. The van der Waals surface area contributed by atoms with Crippen LogP contribution in [0.3, 0.4) is 0 Å². The molecule has 2 atom stereocenters. The second-order valence-electron chi connectivity index (χ2n) is 11.7. The van der Waals surface area contributed by atoms with Crippen LogP contribution in [-0.2, 0) is 24.1 Å². The largest absolute Gasteiger partial charge is 0.383 e. The van der Waals surface area contributed by atoms with Crippen molar-refractivity contribution in [2.75, 3.05) is 26.8 Å². The summed E-state index contributed by atoms with van der Waals surface area (Å²) in [5.74, 6) is 0. The molecule has 204 valence electrons. The van der Waals surface area contributed by atoms with Gasteiger partial charge in [-0.2, -0.15) is 5.10 Å². The number of H-pyrrole nitrogens is 1. The van der Waals surface area contributed by atoms with Crippen LogP contribution in [0.25, 0.3) is 33.4 Å². The van der Waals surface area contributed by atoms with E-state index < -0.39 is 0 Å². The van der Waals surface area contributed by atoms with E-state index in [1.54, 1.807) is 7.11 Å². The summed E-state index contributed by atoms with van der Waals surface area (Å²) >= 11 is 0. The molecule has 2 aromatic heterocycles.